The van der Waals surface area contributed by atoms with Crippen LogP contribution in [0, 0.1) is 0 Å². The minimum absolute atomic E-state index is 0. The lowest BCUT2D eigenvalue weighted by atomic mass is 10.1. The number of rotatable bonds is 7. The number of benzene rings is 2. The van der Waals surface area contributed by atoms with Gasteiger partial charge in [-0.1, -0.05) is 36.4 Å². The zero-order valence-corrected chi connectivity index (χ0v) is 14.0. The normalized spacial score (nSPS) is 11.3. The van der Waals surface area contributed by atoms with Crippen molar-refractivity contribution in [3.63, 3.8) is 0 Å². The summed E-state index contributed by atoms with van der Waals surface area (Å²) in [6.07, 6.45) is 0.830. The molecule has 0 saturated heterocycles. The van der Waals surface area contributed by atoms with Crippen LogP contribution >= 0.6 is 12.4 Å². The molecule has 1 unspecified atom stereocenters. The van der Waals surface area contributed by atoms with Gasteiger partial charge in [-0.3, -0.25) is 4.79 Å². The molecule has 4 nitrogen and oxygen atoms in total. The van der Waals surface area contributed by atoms with E-state index in [-0.39, 0.29) is 24.4 Å². The number of hydrogen-bond donors (Lipinski definition) is 2. The first-order valence-electron chi connectivity index (χ1n) is 7.47. The Morgan fingerprint density at radius 2 is 1.91 bits per heavy atom. The second kappa shape index (κ2) is 9.87. The number of hydrogen-bond acceptors (Lipinski definition) is 3. The summed E-state index contributed by atoms with van der Waals surface area (Å²) in [5.74, 6) is -0.108. The summed E-state index contributed by atoms with van der Waals surface area (Å²) in [5, 5.41) is 2.87. The van der Waals surface area contributed by atoms with E-state index in [9.17, 15) is 4.79 Å². The molecule has 1 atom stereocenters. The summed E-state index contributed by atoms with van der Waals surface area (Å²) in [7, 11) is 0. The molecular formula is C18H23ClN2O2. The molecule has 0 fully saturated rings. The minimum atomic E-state index is -0.108. The molecule has 2 aromatic carbocycles. The Hall–Kier alpha value is -2.04. The molecule has 2 rings (SSSR count). The van der Waals surface area contributed by atoms with Crippen LogP contribution in [0.5, 0.6) is 0 Å². The van der Waals surface area contributed by atoms with Crippen molar-refractivity contribution in [2.45, 2.75) is 19.4 Å². The monoisotopic (exact) mass is 334 g/mol. The lowest BCUT2D eigenvalue weighted by Crippen LogP contribution is -2.25. The second-order valence-corrected chi connectivity index (χ2v) is 5.16. The first-order chi connectivity index (χ1) is 10.7. The molecule has 1 amide bonds. The van der Waals surface area contributed by atoms with Gasteiger partial charge in [0.2, 0.25) is 0 Å². The van der Waals surface area contributed by atoms with E-state index in [2.05, 4.69) is 5.32 Å². The Bertz CT molecular complexity index is 605. The highest BCUT2D eigenvalue weighted by atomic mass is 35.5. The van der Waals surface area contributed by atoms with E-state index in [1.165, 1.54) is 0 Å². The average molecular weight is 335 g/mol. The summed E-state index contributed by atoms with van der Waals surface area (Å²) >= 11 is 0. The van der Waals surface area contributed by atoms with Gasteiger partial charge in [0.25, 0.3) is 5.91 Å². The van der Waals surface area contributed by atoms with Crippen molar-refractivity contribution in [1.29, 1.82) is 0 Å². The highest BCUT2D eigenvalue weighted by molar-refractivity contribution is 5.94. The van der Waals surface area contributed by atoms with E-state index in [1.54, 1.807) is 24.3 Å². The van der Waals surface area contributed by atoms with Gasteiger partial charge in [0.05, 0.1) is 6.10 Å². The van der Waals surface area contributed by atoms with Crippen molar-refractivity contribution in [3.8, 4) is 0 Å². The van der Waals surface area contributed by atoms with Crippen LogP contribution in [0.25, 0.3) is 0 Å². The van der Waals surface area contributed by atoms with E-state index >= 15 is 0 Å². The molecule has 5 heteroatoms. The quantitative estimate of drug-likeness (QED) is 0.600. The Labute approximate surface area is 143 Å². The molecule has 0 heterocycles. The van der Waals surface area contributed by atoms with Crippen LogP contribution < -0.4 is 11.1 Å². The summed E-state index contributed by atoms with van der Waals surface area (Å²) in [6, 6.07) is 17.0. The molecule has 0 aliphatic heterocycles. The summed E-state index contributed by atoms with van der Waals surface area (Å²) < 4.78 is 5.76. The Kier molecular flexibility index (Phi) is 8.16. The van der Waals surface area contributed by atoms with Gasteiger partial charge in [0.1, 0.15) is 0 Å². The molecule has 0 aliphatic carbocycles. The molecule has 124 valence electrons. The number of nitrogens with one attached hydrogen (secondary N) is 1. The standard InChI is InChI=1S/C18H22N2O2.ClH/c1-14(15-7-3-2-4-8-15)22-12-6-11-20-18(21)16-9-5-10-17(19)13-16;/h2-5,7-10,13-14H,6,11-12,19H2,1H3,(H,20,21);1H. The predicted octanol–water partition coefficient (Wildman–Crippen LogP) is 3.59. The number of nitrogen functional groups attached to an aromatic ring is 1. The van der Waals surface area contributed by atoms with Crippen molar-refractivity contribution < 1.29 is 9.53 Å². The molecule has 0 saturated carbocycles. The first-order valence-corrected chi connectivity index (χ1v) is 7.47. The predicted molar refractivity (Wildman–Crippen MR) is 95.9 cm³/mol. The van der Waals surface area contributed by atoms with Crippen LogP contribution in [-0.2, 0) is 4.74 Å². The van der Waals surface area contributed by atoms with E-state index in [4.69, 9.17) is 10.5 Å². The fraction of sp³-hybridized carbons (Fsp3) is 0.278. The molecule has 3 N–H and O–H groups in total. The van der Waals surface area contributed by atoms with Crippen LogP contribution in [0.15, 0.2) is 54.6 Å². The van der Waals surface area contributed by atoms with Crippen molar-refractivity contribution in [2.75, 3.05) is 18.9 Å². The van der Waals surface area contributed by atoms with Crippen molar-refractivity contribution in [3.05, 3.63) is 65.7 Å². The van der Waals surface area contributed by atoms with E-state index in [1.807, 2.05) is 37.3 Å². The first kappa shape index (κ1) is 19.0. The molecule has 0 aromatic heterocycles. The second-order valence-electron chi connectivity index (χ2n) is 5.16. The smallest absolute Gasteiger partial charge is 0.251 e. The van der Waals surface area contributed by atoms with E-state index < -0.39 is 0 Å². The molecule has 0 bridgehead atoms. The summed E-state index contributed by atoms with van der Waals surface area (Å²) in [5.41, 5.74) is 7.99. The Morgan fingerprint density at radius 3 is 2.61 bits per heavy atom. The van der Waals surface area contributed by atoms with Gasteiger partial charge in [-0.05, 0) is 37.1 Å². The number of carbonyl (C=O) groups is 1. The van der Waals surface area contributed by atoms with Crippen molar-refractivity contribution in [1.82, 2.24) is 5.32 Å². The minimum Gasteiger partial charge on any atom is -0.399 e. The SMILES string of the molecule is CC(OCCCNC(=O)c1cccc(N)c1)c1ccccc1.Cl. The van der Waals surface area contributed by atoms with Crippen molar-refractivity contribution in [2.24, 2.45) is 0 Å². The third-order valence-corrected chi connectivity index (χ3v) is 3.39. The fourth-order valence-electron chi connectivity index (χ4n) is 2.14. The maximum Gasteiger partial charge on any atom is 0.251 e. The molecule has 2 aromatic rings. The van der Waals surface area contributed by atoms with Crippen molar-refractivity contribution >= 4 is 24.0 Å². The van der Waals surface area contributed by atoms with Gasteiger partial charge in [-0.25, -0.2) is 0 Å². The number of nitrogens with two attached hydrogens (primary N) is 1. The highest BCUT2D eigenvalue weighted by Crippen LogP contribution is 2.15. The number of halogens is 1. The molecular weight excluding hydrogens is 312 g/mol. The lowest BCUT2D eigenvalue weighted by Gasteiger charge is -2.13. The molecule has 0 aliphatic rings. The summed E-state index contributed by atoms with van der Waals surface area (Å²) in [6.45, 7) is 3.21. The zero-order valence-electron chi connectivity index (χ0n) is 13.2. The zero-order chi connectivity index (χ0) is 15.8. The van der Waals surface area contributed by atoms with Gasteiger partial charge in [0, 0.05) is 24.4 Å². The third-order valence-electron chi connectivity index (χ3n) is 3.39. The maximum absolute atomic E-state index is 11.9. The number of carbonyl (C=O) groups excluding carboxylic acids is 1. The number of anilines is 1. The molecule has 23 heavy (non-hydrogen) atoms. The largest absolute Gasteiger partial charge is 0.399 e. The van der Waals surface area contributed by atoms with E-state index in [0.29, 0.717) is 24.4 Å². The lowest BCUT2D eigenvalue weighted by molar-refractivity contribution is 0.0635. The topological polar surface area (TPSA) is 64.3 Å². The Morgan fingerprint density at radius 1 is 1.17 bits per heavy atom. The van der Waals surface area contributed by atoms with Gasteiger partial charge < -0.3 is 15.8 Å². The number of amides is 1. The van der Waals surface area contributed by atoms with Crippen LogP contribution in [0.4, 0.5) is 5.69 Å². The fourth-order valence-corrected chi connectivity index (χ4v) is 2.14. The van der Waals surface area contributed by atoms with Gasteiger partial charge in [0.15, 0.2) is 0 Å². The van der Waals surface area contributed by atoms with Crippen LogP contribution in [-0.4, -0.2) is 19.1 Å². The van der Waals surface area contributed by atoms with Gasteiger partial charge in [-0.15, -0.1) is 12.4 Å². The molecule has 0 spiro atoms. The maximum atomic E-state index is 11.9. The third kappa shape index (κ3) is 6.30. The van der Waals surface area contributed by atoms with E-state index in [0.717, 1.165) is 12.0 Å². The number of ether oxygens (including phenoxy) is 1. The van der Waals surface area contributed by atoms with Crippen LogP contribution in [0.1, 0.15) is 35.4 Å². The van der Waals surface area contributed by atoms with Crippen LogP contribution in [0.2, 0.25) is 0 Å². The highest BCUT2D eigenvalue weighted by Gasteiger charge is 2.06. The van der Waals surface area contributed by atoms with Gasteiger partial charge >= 0.3 is 0 Å². The summed E-state index contributed by atoms with van der Waals surface area (Å²) in [4.78, 5) is 11.9. The van der Waals surface area contributed by atoms with Crippen LogP contribution in [0.3, 0.4) is 0 Å². The average Bonchev–Trinajstić information content (AvgIpc) is 2.55. The van der Waals surface area contributed by atoms with Gasteiger partial charge in [-0.2, -0.15) is 0 Å². The molecule has 0 radical (unpaired) electrons. The Balaban J connectivity index is 0.00000264.